The topological polar surface area (TPSA) is 66.6 Å². The average Bonchev–Trinajstić information content (AvgIpc) is 2.85. The molecule has 2 rings (SSSR count). The van der Waals surface area contributed by atoms with Gasteiger partial charge in [0.15, 0.2) is 5.69 Å². The third-order valence-corrected chi connectivity index (χ3v) is 2.46. The zero-order chi connectivity index (χ0) is 12.6. The SMILES string of the molecule is O=C(O)c1oc(N2CCCC2)nc1C(F)(F)F. The molecule has 94 valence electrons. The minimum Gasteiger partial charge on any atom is -0.475 e. The van der Waals surface area contributed by atoms with Crippen molar-refractivity contribution in [1.29, 1.82) is 0 Å². The van der Waals surface area contributed by atoms with Gasteiger partial charge in [0, 0.05) is 13.1 Å². The molecule has 1 aliphatic rings. The lowest BCUT2D eigenvalue weighted by molar-refractivity contribution is -0.141. The zero-order valence-corrected chi connectivity index (χ0v) is 8.62. The normalized spacial score (nSPS) is 16.5. The Labute approximate surface area is 93.8 Å². The van der Waals surface area contributed by atoms with Crippen molar-refractivity contribution in [2.75, 3.05) is 18.0 Å². The number of carbonyl (C=O) groups is 1. The van der Waals surface area contributed by atoms with Gasteiger partial charge in [0.2, 0.25) is 5.76 Å². The number of anilines is 1. The van der Waals surface area contributed by atoms with Crippen molar-refractivity contribution in [2.24, 2.45) is 0 Å². The summed E-state index contributed by atoms with van der Waals surface area (Å²) in [6, 6.07) is -0.271. The first kappa shape index (κ1) is 11.7. The lowest BCUT2D eigenvalue weighted by Crippen LogP contribution is -2.18. The van der Waals surface area contributed by atoms with Crippen molar-refractivity contribution in [3.05, 3.63) is 11.5 Å². The van der Waals surface area contributed by atoms with E-state index in [1.54, 1.807) is 0 Å². The van der Waals surface area contributed by atoms with Gasteiger partial charge >= 0.3 is 12.1 Å². The van der Waals surface area contributed by atoms with Crippen LogP contribution in [0.25, 0.3) is 0 Å². The summed E-state index contributed by atoms with van der Waals surface area (Å²) in [6.07, 6.45) is -3.17. The Morgan fingerprint density at radius 2 is 1.94 bits per heavy atom. The van der Waals surface area contributed by atoms with Crippen molar-refractivity contribution >= 4 is 12.0 Å². The number of nitrogens with zero attached hydrogens (tertiary/aromatic N) is 2. The van der Waals surface area contributed by atoms with Gasteiger partial charge in [-0.05, 0) is 12.8 Å². The van der Waals surface area contributed by atoms with Crippen LogP contribution in [0.15, 0.2) is 4.42 Å². The molecule has 8 heteroatoms. The summed E-state index contributed by atoms with van der Waals surface area (Å²) in [5, 5.41) is 8.63. The van der Waals surface area contributed by atoms with Gasteiger partial charge in [0.05, 0.1) is 0 Å². The number of aromatic nitrogens is 1. The van der Waals surface area contributed by atoms with E-state index in [0.717, 1.165) is 12.8 Å². The van der Waals surface area contributed by atoms with Crippen LogP contribution < -0.4 is 4.90 Å². The van der Waals surface area contributed by atoms with Crippen molar-refractivity contribution < 1.29 is 27.5 Å². The van der Waals surface area contributed by atoms with E-state index in [1.165, 1.54) is 4.90 Å². The third-order valence-electron chi connectivity index (χ3n) is 2.46. The summed E-state index contributed by atoms with van der Waals surface area (Å²) < 4.78 is 42.2. The number of halogens is 3. The number of aromatic carboxylic acids is 1. The van der Waals surface area contributed by atoms with Crippen LogP contribution in [0.4, 0.5) is 19.2 Å². The van der Waals surface area contributed by atoms with Gasteiger partial charge in [-0.25, -0.2) is 4.79 Å². The largest absolute Gasteiger partial charge is 0.475 e. The molecular weight excluding hydrogens is 241 g/mol. The third kappa shape index (κ3) is 2.20. The van der Waals surface area contributed by atoms with Crippen LogP contribution in [-0.4, -0.2) is 29.1 Å². The lowest BCUT2D eigenvalue weighted by Gasteiger charge is -2.10. The summed E-state index contributed by atoms with van der Waals surface area (Å²) in [4.78, 5) is 15.4. The highest BCUT2D eigenvalue weighted by atomic mass is 19.4. The molecule has 0 aromatic carbocycles. The highest BCUT2D eigenvalue weighted by Crippen LogP contribution is 2.34. The van der Waals surface area contributed by atoms with Gasteiger partial charge in [-0.15, -0.1) is 0 Å². The van der Waals surface area contributed by atoms with Gasteiger partial charge < -0.3 is 14.4 Å². The molecule has 1 fully saturated rings. The Bertz CT molecular complexity index is 435. The Hall–Kier alpha value is -1.73. The van der Waals surface area contributed by atoms with Crippen LogP contribution in [0.3, 0.4) is 0 Å². The van der Waals surface area contributed by atoms with Gasteiger partial charge in [0.25, 0.3) is 6.01 Å². The molecular formula is C9H9F3N2O3. The average molecular weight is 250 g/mol. The first-order valence-corrected chi connectivity index (χ1v) is 4.96. The maximum atomic E-state index is 12.5. The summed E-state index contributed by atoms with van der Waals surface area (Å²) >= 11 is 0. The number of hydrogen-bond acceptors (Lipinski definition) is 4. The van der Waals surface area contributed by atoms with Crippen LogP contribution in [0, 0.1) is 0 Å². The maximum Gasteiger partial charge on any atom is 0.437 e. The summed E-state index contributed by atoms with van der Waals surface area (Å²) in [7, 11) is 0. The van der Waals surface area contributed by atoms with Gasteiger partial charge in [0.1, 0.15) is 0 Å². The van der Waals surface area contributed by atoms with Crippen molar-refractivity contribution in [1.82, 2.24) is 4.98 Å². The molecule has 0 aliphatic carbocycles. The molecule has 17 heavy (non-hydrogen) atoms. The quantitative estimate of drug-likeness (QED) is 0.869. The van der Waals surface area contributed by atoms with E-state index >= 15 is 0 Å². The van der Waals surface area contributed by atoms with Gasteiger partial charge in [-0.1, -0.05) is 0 Å². The molecule has 0 amide bonds. The standard InChI is InChI=1S/C9H9F3N2O3/c10-9(11,12)6-5(7(15)16)17-8(13-6)14-3-1-2-4-14/h1-4H2,(H,15,16). The molecule has 0 unspecified atom stereocenters. The molecule has 1 aromatic rings. The van der Waals surface area contributed by atoms with Crippen LogP contribution in [0.5, 0.6) is 0 Å². The monoisotopic (exact) mass is 250 g/mol. The molecule has 2 heterocycles. The van der Waals surface area contributed by atoms with Crippen molar-refractivity contribution in [2.45, 2.75) is 19.0 Å². The highest BCUT2D eigenvalue weighted by Gasteiger charge is 2.42. The number of alkyl halides is 3. The highest BCUT2D eigenvalue weighted by molar-refractivity contribution is 5.86. The predicted molar refractivity (Wildman–Crippen MR) is 49.9 cm³/mol. The fourth-order valence-corrected chi connectivity index (χ4v) is 1.69. The number of carboxylic acid groups (broad SMARTS) is 1. The smallest absolute Gasteiger partial charge is 0.437 e. The van der Waals surface area contributed by atoms with Crippen LogP contribution in [-0.2, 0) is 6.18 Å². The fourth-order valence-electron chi connectivity index (χ4n) is 1.69. The predicted octanol–water partition coefficient (Wildman–Crippen LogP) is 1.99. The van der Waals surface area contributed by atoms with E-state index in [1.807, 2.05) is 0 Å². The molecule has 1 aromatic heterocycles. The molecule has 0 spiro atoms. The number of oxazole rings is 1. The number of carboxylic acids is 1. The molecule has 0 radical (unpaired) electrons. The van der Waals surface area contributed by atoms with E-state index in [0.29, 0.717) is 13.1 Å². The number of rotatable bonds is 2. The van der Waals surface area contributed by atoms with Gasteiger partial charge in [-0.2, -0.15) is 18.2 Å². The Balaban J connectivity index is 2.40. The lowest BCUT2D eigenvalue weighted by atomic mass is 10.3. The minimum absolute atomic E-state index is 0.271. The molecule has 0 atom stereocenters. The molecule has 1 N–H and O–H groups in total. The minimum atomic E-state index is -4.82. The second kappa shape index (κ2) is 3.94. The van der Waals surface area contributed by atoms with Crippen LogP contribution in [0.1, 0.15) is 29.1 Å². The van der Waals surface area contributed by atoms with Crippen molar-refractivity contribution in [3.8, 4) is 0 Å². The summed E-state index contributed by atoms with van der Waals surface area (Å²) in [5.74, 6) is -2.92. The van der Waals surface area contributed by atoms with E-state index in [9.17, 15) is 18.0 Å². The van der Waals surface area contributed by atoms with Gasteiger partial charge in [-0.3, -0.25) is 0 Å². The molecule has 1 saturated heterocycles. The Morgan fingerprint density at radius 1 is 1.35 bits per heavy atom. The van der Waals surface area contributed by atoms with Crippen molar-refractivity contribution in [3.63, 3.8) is 0 Å². The number of hydrogen-bond donors (Lipinski definition) is 1. The fraction of sp³-hybridized carbons (Fsp3) is 0.556. The summed E-state index contributed by atoms with van der Waals surface area (Å²) in [5.41, 5.74) is -1.48. The summed E-state index contributed by atoms with van der Waals surface area (Å²) in [6.45, 7) is 1.05. The maximum absolute atomic E-state index is 12.5. The van der Waals surface area contributed by atoms with E-state index in [4.69, 9.17) is 5.11 Å². The molecule has 1 aliphatic heterocycles. The second-order valence-corrected chi connectivity index (χ2v) is 3.67. The van der Waals surface area contributed by atoms with E-state index in [-0.39, 0.29) is 6.01 Å². The van der Waals surface area contributed by atoms with E-state index in [2.05, 4.69) is 9.40 Å². The molecule has 0 bridgehead atoms. The molecule has 0 saturated carbocycles. The van der Waals surface area contributed by atoms with E-state index < -0.39 is 23.6 Å². The zero-order valence-electron chi connectivity index (χ0n) is 8.62. The Kier molecular flexibility index (Phi) is 2.72. The Morgan fingerprint density at radius 3 is 2.35 bits per heavy atom. The first-order valence-electron chi connectivity index (χ1n) is 4.96. The van der Waals surface area contributed by atoms with Crippen LogP contribution in [0.2, 0.25) is 0 Å². The molecule has 5 nitrogen and oxygen atoms in total. The van der Waals surface area contributed by atoms with Crippen LogP contribution >= 0.6 is 0 Å². The first-order chi connectivity index (χ1) is 7.89. The second-order valence-electron chi connectivity index (χ2n) is 3.67.